The molecule has 1 N–H and O–H groups in total. The van der Waals surface area contributed by atoms with Crippen LogP contribution in [0.5, 0.6) is 0 Å². The summed E-state index contributed by atoms with van der Waals surface area (Å²) in [4.78, 5) is 10.9. The minimum absolute atomic E-state index is 0.0683. The summed E-state index contributed by atoms with van der Waals surface area (Å²) in [5, 5.41) is 9.26. The highest BCUT2D eigenvalue weighted by atomic mass is 16.5. The van der Waals surface area contributed by atoms with Gasteiger partial charge in [0.2, 0.25) is 0 Å². The third-order valence-corrected chi connectivity index (χ3v) is 1.28. The number of carbonyl (C=O) groups is 1. The maximum atomic E-state index is 10.9. The van der Waals surface area contributed by atoms with Gasteiger partial charge in [-0.25, -0.2) is 4.79 Å². The van der Waals surface area contributed by atoms with E-state index in [4.69, 9.17) is 9.47 Å². The first-order chi connectivity index (χ1) is 6.43. The van der Waals surface area contributed by atoms with E-state index in [9.17, 15) is 9.90 Å². The highest BCUT2D eigenvalue weighted by Crippen LogP contribution is 1.97. The average molecular weight is 200 g/mol. The highest BCUT2D eigenvalue weighted by Gasteiger charge is 2.09. The lowest BCUT2D eigenvalue weighted by atomic mass is 10.3. The van der Waals surface area contributed by atoms with Crippen molar-refractivity contribution in [1.29, 1.82) is 0 Å². The highest BCUT2D eigenvalue weighted by molar-refractivity contribution is 5.86. The molecule has 0 amide bonds. The van der Waals surface area contributed by atoms with Crippen LogP contribution in [0.3, 0.4) is 0 Å². The van der Waals surface area contributed by atoms with Crippen LogP contribution < -0.4 is 0 Å². The normalized spacial score (nSPS) is 11.6. The molecule has 0 aromatic carbocycles. The molecule has 0 fully saturated rings. The predicted molar refractivity (Wildman–Crippen MR) is 52.5 cm³/mol. The van der Waals surface area contributed by atoms with Crippen molar-refractivity contribution >= 4 is 5.97 Å². The third kappa shape index (κ3) is 6.25. The first-order valence-corrected chi connectivity index (χ1v) is 4.22. The van der Waals surface area contributed by atoms with Crippen molar-refractivity contribution in [2.75, 3.05) is 13.2 Å². The first kappa shape index (κ1) is 12.7. The smallest absolute Gasteiger partial charge is 0.333 e. The van der Waals surface area contributed by atoms with Crippen molar-refractivity contribution in [2.45, 2.75) is 20.0 Å². The minimum atomic E-state index is -0.838. The number of carbonyl (C=O) groups excluding carboxylic acids is 1. The van der Waals surface area contributed by atoms with Crippen molar-refractivity contribution in [2.24, 2.45) is 0 Å². The second-order valence-electron chi connectivity index (χ2n) is 3.05. The van der Waals surface area contributed by atoms with Gasteiger partial charge in [-0.1, -0.05) is 13.2 Å². The number of ether oxygens (including phenoxy) is 2. The van der Waals surface area contributed by atoms with Crippen LogP contribution in [-0.4, -0.2) is 30.4 Å². The Kier molecular flexibility index (Phi) is 5.64. The summed E-state index contributed by atoms with van der Waals surface area (Å²) in [5.41, 5.74) is 0.304. The van der Waals surface area contributed by atoms with E-state index < -0.39 is 12.1 Å². The summed E-state index contributed by atoms with van der Waals surface area (Å²) >= 11 is 0. The molecule has 0 aromatic heterocycles. The monoisotopic (exact) mass is 200 g/mol. The van der Waals surface area contributed by atoms with Crippen molar-refractivity contribution in [3.8, 4) is 0 Å². The van der Waals surface area contributed by atoms with Crippen molar-refractivity contribution in [3.63, 3.8) is 0 Å². The number of allylic oxidation sites excluding steroid dienone is 1. The number of esters is 1. The number of hydrogen-bond donors (Lipinski definition) is 1. The van der Waals surface area contributed by atoms with Gasteiger partial charge in [0.05, 0.1) is 5.76 Å². The van der Waals surface area contributed by atoms with Crippen LogP contribution in [0.15, 0.2) is 24.5 Å². The van der Waals surface area contributed by atoms with Gasteiger partial charge in [-0.15, -0.1) is 0 Å². The predicted octanol–water partition coefficient (Wildman–Crippen LogP) is 1.02. The van der Waals surface area contributed by atoms with Crippen molar-refractivity contribution < 1.29 is 19.4 Å². The molecule has 0 aromatic rings. The Labute approximate surface area is 83.8 Å². The molecule has 14 heavy (non-hydrogen) atoms. The molecule has 1 unspecified atom stereocenters. The van der Waals surface area contributed by atoms with Crippen LogP contribution in [-0.2, 0) is 14.3 Å². The van der Waals surface area contributed by atoms with E-state index in [-0.39, 0.29) is 13.2 Å². The molecule has 0 aliphatic rings. The molecule has 0 aliphatic heterocycles. The zero-order valence-electron chi connectivity index (χ0n) is 8.58. The lowest BCUT2D eigenvalue weighted by molar-refractivity contribution is -0.142. The zero-order chi connectivity index (χ0) is 11.1. The SMILES string of the molecule is C=C(C)OCC(O)COC(=O)C(=C)C. The van der Waals surface area contributed by atoms with E-state index in [2.05, 4.69) is 13.2 Å². The third-order valence-electron chi connectivity index (χ3n) is 1.28. The van der Waals surface area contributed by atoms with Gasteiger partial charge in [0.25, 0.3) is 0 Å². The molecule has 0 heterocycles. The first-order valence-electron chi connectivity index (χ1n) is 4.22. The zero-order valence-corrected chi connectivity index (χ0v) is 8.58. The second-order valence-corrected chi connectivity index (χ2v) is 3.05. The van der Waals surface area contributed by atoms with Crippen molar-refractivity contribution in [3.05, 3.63) is 24.5 Å². The van der Waals surface area contributed by atoms with Crippen LogP contribution >= 0.6 is 0 Å². The Morgan fingerprint density at radius 1 is 1.29 bits per heavy atom. The molecule has 0 aliphatic carbocycles. The van der Waals surface area contributed by atoms with E-state index >= 15 is 0 Å². The van der Waals surface area contributed by atoms with E-state index in [0.717, 1.165) is 0 Å². The van der Waals surface area contributed by atoms with Crippen LogP contribution in [0.25, 0.3) is 0 Å². The molecular weight excluding hydrogens is 184 g/mol. The van der Waals surface area contributed by atoms with E-state index in [0.29, 0.717) is 11.3 Å². The summed E-state index contributed by atoms with van der Waals surface area (Å²) in [5.74, 6) is -0.00495. The minimum Gasteiger partial charge on any atom is -0.496 e. The largest absolute Gasteiger partial charge is 0.496 e. The standard InChI is InChI=1S/C10H16O4/c1-7(2)10(12)14-6-9(11)5-13-8(3)4/h9,11H,1,3,5-6H2,2,4H3. The van der Waals surface area contributed by atoms with Crippen LogP contribution in [0.2, 0.25) is 0 Å². The van der Waals surface area contributed by atoms with Gasteiger partial charge in [-0.3, -0.25) is 0 Å². The van der Waals surface area contributed by atoms with E-state index in [1.165, 1.54) is 0 Å². The number of rotatable bonds is 6. The number of aliphatic hydroxyl groups is 1. The van der Waals surface area contributed by atoms with Gasteiger partial charge >= 0.3 is 5.97 Å². The fourth-order valence-electron chi connectivity index (χ4n) is 0.582. The van der Waals surface area contributed by atoms with Gasteiger partial charge < -0.3 is 14.6 Å². The fourth-order valence-corrected chi connectivity index (χ4v) is 0.582. The molecule has 80 valence electrons. The molecule has 1 atom stereocenters. The molecule has 0 radical (unpaired) electrons. The Bertz CT molecular complexity index is 232. The van der Waals surface area contributed by atoms with Crippen LogP contribution in [0, 0.1) is 0 Å². The Morgan fingerprint density at radius 3 is 2.21 bits per heavy atom. The maximum Gasteiger partial charge on any atom is 0.333 e. The lowest BCUT2D eigenvalue weighted by Crippen LogP contribution is -2.23. The quantitative estimate of drug-likeness (QED) is 0.395. The average Bonchev–Trinajstić information content (AvgIpc) is 2.10. The molecular formula is C10H16O4. The molecule has 0 rings (SSSR count). The molecule has 4 heteroatoms. The Balaban J connectivity index is 3.63. The van der Waals surface area contributed by atoms with Gasteiger partial charge in [0.1, 0.15) is 19.3 Å². The van der Waals surface area contributed by atoms with E-state index in [1.807, 2.05) is 0 Å². The lowest BCUT2D eigenvalue weighted by Gasteiger charge is -2.12. The van der Waals surface area contributed by atoms with Gasteiger partial charge in [-0.05, 0) is 13.8 Å². The van der Waals surface area contributed by atoms with Crippen molar-refractivity contribution in [1.82, 2.24) is 0 Å². The molecule has 0 saturated carbocycles. The van der Waals surface area contributed by atoms with Crippen LogP contribution in [0.4, 0.5) is 0 Å². The molecule has 0 saturated heterocycles. The summed E-state index contributed by atoms with van der Waals surface area (Å²) in [6.45, 7) is 10.1. The summed E-state index contributed by atoms with van der Waals surface area (Å²) in [6.07, 6.45) is -0.838. The molecule has 0 bridgehead atoms. The van der Waals surface area contributed by atoms with Gasteiger partial charge in [0, 0.05) is 5.57 Å². The summed E-state index contributed by atoms with van der Waals surface area (Å²) in [6, 6.07) is 0. The second kappa shape index (κ2) is 6.21. The molecule has 4 nitrogen and oxygen atoms in total. The summed E-state index contributed by atoms with van der Waals surface area (Å²) < 4.78 is 9.64. The maximum absolute atomic E-state index is 10.9. The van der Waals surface area contributed by atoms with E-state index in [1.54, 1.807) is 13.8 Å². The van der Waals surface area contributed by atoms with Gasteiger partial charge in [-0.2, -0.15) is 0 Å². The number of hydrogen-bond acceptors (Lipinski definition) is 4. The van der Waals surface area contributed by atoms with Crippen LogP contribution in [0.1, 0.15) is 13.8 Å². The summed E-state index contributed by atoms with van der Waals surface area (Å²) in [7, 11) is 0. The Hall–Kier alpha value is -1.29. The topological polar surface area (TPSA) is 55.8 Å². The molecule has 0 spiro atoms. The van der Waals surface area contributed by atoms with Gasteiger partial charge in [0.15, 0.2) is 0 Å². The number of aliphatic hydroxyl groups excluding tert-OH is 1. The fraction of sp³-hybridized carbons (Fsp3) is 0.500. The Morgan fingerprint density at radius 2 is 1.79 bits per heavy atom.